The highest BCUT2D eigenvalue weighted by molar-refractivity contribution is 9.10. The molecule has 140 valence electrons. The number of amides is 2. The fourth-order valence-electron chi connectivity index (χ4n) is 2.51. The molecule has 1 aromatic heterocycles. The van der Waals surface area contributed by atoms with Gasteiger partial charge in [-0.3, -0.25) is 14.3 Å². The number of aryl methyl sites for hydroxylation is 2. The number of nitrogens with one attached hydrogen (secondary N) is 2. The van der Waals surface area contributed by atoms with Crippen LogP contribution in [0.1, 0.15) is 32.9 Å². The van der Waals surface area contributed by atoms with E-state index < -0.39 is 5.41 Å². The van der Waals surface area contributed by atoms with Crippen molar-refractivity contribution in [3.8, 4) is 11.1 Å². The third-order valence-electron chi connectivity index (χ3n) is 3.93. The van der Waals surface area contributed by atoms with Crippen LogP contribution >= 0.6 is 15.9 Å². The van der Waals surface area contributed by atoms with Crippen molar-refractivity contribution in [2.24, 2.45) is 12.5 Å². The Bertz CT molecular complexity index is 804. The summed E-state index contributed by atoms with van der Waals surface area (Å²) in [7, 11) is 1.80. The summed E-state index contributed by atoms with van der Waals surface area (Å²) < 4.78 is 2.65. The highest BCUT2D eigenvalue weighted by Crippen LogP contribution is 2.31. The standard InChI is InChI=1S/C19H25BrN4O2/c1-12-16(13-6-8-14(20)9-7-13)17(24(5)23-12)22-15(25)10-11-21-18(26)19(2,3)4/h6-9H,10-11H2,1-5H3,(H,21,26)(H,22,25). The molecule has 0 spiro atoms. The van der Waals surface area contributed by atoms with Crippen LogP contribution in [0.5, 0.6) is 0 Å². The molecule has 0 radical (unpaired) electrons. The lowest BCUT2D eigenvalue weighted by Crippen LogP contribution is -2.36. The van der Waals surface area contributed by atoms with Crippen LogP contribution in [0.4, 0.5) is 5.82 Å². The van der Waals surface area contributed by atoms with E-state index in [1.54, 1.807) is 11.7 Å². The molecule has 2 N–H and O–H groups in total. The van der Waals surface area contributed by atoms with Gasteiger partial charge in [0.1, 0.15) is 5.82 Å². The maximum Gasteiger partial charge on any atom is 0.227 e. The van der Waals surface area contributed by atoms with Crippen LogP contribution in [-0.2, 0) is 16.6 Å². The average molecular weight is 421 g/mol. The van der Waals surface area contributed by atoms with Gasteiger partial charge in [-0.05, 0) is 24.6 Å². The second kappa shape index (κ2) is 8.03. The number of anilines is 1. The molecule has 1 heterocycles. The summed E-state index contributed by atoms with van der Waals surface area (Å²) in [4.78, 5) is 24.2. The predicted molar refractivity (Wildman–Crippen MR) is 107 cm³/mol. The summed E-state index contributed by atoms with van der Waals surface area (Å²) in [5, 5.41) is 10.1. The van der Waals surface area contributed by atoms with Gasteiger partial charge in [0.2, 0.25) is 11.8 Å². The molecule has 0 aliphatic rings. The van der Waals surface area contributed by atoms with E-state index in [1.165, 1.54) is 0 Å². The van der Waals surface area contributed by atoms with Crippen molar-refractivity contribution in [2.75, 3.05) is 11.9 Å². The van der Waals surface area contributed by atoms with Crippen LogP contribution < -0.4 is 10.6 Å². The highest BCUT2D eigenvalue weighted by atomic mass is 79.9. The summed E-state index contributed by atoms with van der Waals surface area (Å²) >= 11 is 3.43. The van der Waals surface area contributed by atoms with Crippen LogP contribution in [-0.4, -0.2) is 28.1 Å². The number of hydrogen-bond acceptors (Lipinski definition) is 3. The fraction of sp³-hybridized carbons (Fsp3) is 0.421. The van der Waals surface area contributed by atoms with E-state index >= 15 is 0 Å². The number of hydrogen-bond donors (Lipinski definition) is 2. The summed E-state index contributed by atoms with van der Waals surface area (Å²) in [6.07, 6.45) is 0.200. The monoisotopic (exact) mass is 420 g/mol. The van der Waals surface area contributed by atoms with E-state index in [0.717, 1.165) is 21.3 Å². The first-order chi connectivity index (χ1) is 12.1. The van der Waals surface area contributed by atoms with Crippen LogP contribution in [0, 0.1) is 12.3 Å². The van der Waals surface area contributed by atoms with Gasteiger partial charge in [-0.15, -0.1) is 0 Å². The van der Waals surface area contributed by atoms with Crippen molar-refractivity contribution in [3.63, 3.8) is 0 Å². The summed E-state index contributed by atoms with van der Waals surface area (Å²) in [6, 6.07) is 7.87. The minimum Gasteiger partial charge on any atom is -0.355 e. The maximum atomic E-state index is 12.3. The Hall–Kier alpha value is -2.15. The zero-order valence-electron chi connectivity index (χ0n) is 15.8. The highest BCUT2D eigenvalue weighted by Gasteiger charge is 2.21. The first-order valence-corrected chi connectivity index (χ1v) is 9.26. The van der Waals surface area contributed by atoms with Gasteiger partial charge in [0.15, 0.2) is 0 Å². The van der Waals surface area contributed by atoms with E-state index in [1.807, 2.05) is 52.0 Å². The minimum atomic E-state index is -0.468. The average Bonchev–Trinajstić information content (AvgIpc) is 2.81. The van der Waals surface area contributed by atoms with Crippen molar-refractivity contribution in [3.05, 3.63) is 34.4 Å². The molecule has 0 aliphatic carbocycles. The third kappa shape index (κ3) is 4.94. The topological polar surface area (TPSA) is 76.0 Å². The predicted octanol–water partition coefficient (Wildman–Crippen LogP) is 3.65. The lowest BCUT2D eigenvalue weighted by atomic mass is 9.96. The Morgan fingerprint density at radius 3 is 2.38 bits per heavy atom. The van der Waals surface area contributed by atoms with E-state index in [2.05, 4.69) is 31.7 Å². The quantitative estimate of drug-likeness (QED) is 0.774. The number of aromatic nitrogens is 2. The molecule has 6 nitrogen and oxygen atoms in total. The van der Waals surface area contributed by atoms with Gasteiger partial charge in [0.05, 0.1) is 5.69 Å². The number of carbonyl (C=O) groups is 2. The van der Waals surface area contributed by atoms with Crippen LogP contribution in [0.3, 0.4) is 0 Å². The zero-order chi connectivity index (χ0) is 19.5. The molecule has 0 fully saturated rings. The Kier molecular flexibility index (Phi) is 6.23. The Balaban J connectivity index is 2.09. The number of nitrogens with zero attached hydrogens (tertiary/aromatic N) is 2. The Morgan fingerprint density at radius 1 is 1.19 bits per heavy atom. The molecule has 0 saturated carbocycles. The molecule has 0 aliphatic heterocycles. The van der Waals surface area contributed by atoms with Gasteiger partial charge in [-0.2, -0.15) is 5.10 Å². The van der Waals surface area contributed by atoms with Crippen LogP contribution in [0.25, 0.3) is 11.1 Å². The van der Waals surface area contributed by atoms with Gasteiger partial charge in [-0.1, -0.05) is 48.8 Å². The van der Waals surface area contributed by atoms with Gasteiger partial charge < -0.3 is 10.6 Å². The van der Waals surface area contributed by atoms with E-state index in [0.29, 0.717) is 12.4 Å². The molecule has 0 saturated heterocycles. The smallest absolute Gasteiger partial charge is 0.227 e. The van der Waals surface area contributed by atoms with Crippen molar-refractivity contribution >= 4 is 33.6 Å². The molecule has 0 unspecified atom stereocenters. The molecular formula is C19H25BrN4O2. The summed E-state index contributed by atoms with van der Waals surface area (Å²) in [5.41, 5.74) is 2.25. The van der Waals surface area contributed by atoms with Crippen LogP contribution in [0.15, 0.2) is 28.7 Å². The van der Waals surface area contributed by atoms with Gasteiger partial charge in [-0.25, -0.2) is 0 Å². The van der Waals surface area contributed by atoms with E-state index in [-0.39, 0.29) is 18.2 Å². The largest absolute Gasteiger partial charge is 0.355 e. The maximum absolute atomic E-state index is 12.3. The molecule has 26 heavy (non-hydrogen) atoms. The summed E-state index contributed by atoms with van der Waals surface area (Å²) in [5.74, 6) is 0.412. The normalized spacial score (nSPS) is 11.3. The molecule has 7 heteroatoms. The molecule has 2 aromatic rings. The van der Waals surface area contributed by atoms with Crippen molar-refractivity contribution in [1.29, 1.82) is 0 Å². The Labute approximate surface area is 162 Å². The summed E-state index contributed by atoms with van der Waals surface area (Å²) in [6.45, 7) is 7.73. The number of benzene rings is 1. The molecule has 1 aromatic carbocycles. The fourth-order valence-corrected chi connectivity index (χ4v) is 2.78. The Morgan fingerprint density at radius 2 is 1.81 bits per heavy atom. The number of carbonyl (C=O) groups excluding carboxylic acids is 2. The van der Waals surface area contributed by atoms with E-state index in [9.17, 15) is 9.59 Å². The van der Waals surface area contributed by atoms with Gasteiger partial charge >= 0.3 is 0 Å². The van der Waals surface area contributed by atoms with Crippen molar-refractivity contribution < 1.29 is 9.59 Å². The van der Waals surface area contributed by atoms with Crippen LogP contribution in [0.2, 0.25) is 0 Å². The molecule has 2 amide bonds. The number of rotatable bonds is 5. The molecule has 0 bridgehead atoms. The number of halogens is 1. The minimum absolute atomic E-state index is 0.0720. The first kappa shape index (κ1) is 20.2. The van der Waals surface area contributed by atoms with Crippen molar-refractivity contribution in [1.82, 2.24) is 15.1 Å². The SMILES string of the molecule is Cc1nn(C)c(NC(=O)CCNC(=O)C(C)(C)C)c1-c1ccc(Br)cc1. The van der Waals surface area contributed by atoms with Gasteiger partial charge in [0, 0.05) is 35.5 Å². The second-order valence-electron chi connectivity index (χ2n) is 7.24. The molecular weight excluding hydrogens is 396 g/mol. The second-order valence-corrected chi connectivity index (χ2v) is 8.16. The molecule has 2 rings (SSSR count). The first-order valence-electron chi connectivity index (χ1n) is 8.47. The lowest BCUT2D eigenvalue weighted by Gasteiger charge is -2.17. The van der Waals surface area contributed by atoms with E-state index in [4.69, 9.17) is 0 Å². The third-order valence-corrected chi connectivity index (χ3v) is 4.46. The lowest BCUT2D eigenvalue weighted by molar-refractivity contribution is -0.128. The van der Waals surface area contributed by atoms with Crippen molar-refractivity contribution in [2.45, 2.75) is 34.1 Å². The van der Waals surface area contributed by atoms with Gasteiger partial charge in [0.25, 0.3) is 0 Å². The zero-order valence-corrected chi connectivity index (χ0v) is 17.4. The molecule has 0 atom stereocenters.